The molecule has 4 aliphatic rings. The summed E-state index contributed by atoms with van der Waals surface area (Å²) in [6.45, 7) is 1.99. The summed E-state index contributed by atoms with van der Waals surface area (Å²) in [4.78, 5) is 24.6. The topological polar surface area (TPSA) is 67.4 Å². The van der Waals surface area contributed by atoms with E-state index in [9.17, 15) is 9.59 Å². The first-order chi connectivity index (χ1) is 13.4. The Morgan fingerprint density at radius 3 is 2.36 bits per heavy atom. The lowest BCUT2D eigenvalue weighted by Crippen LogP contribution is -2.49. The van der Waals surface area contributed by atoms with E-state index in [1.165, 1.54) is 44.6 Å². The van der Waals surface area contributed by atoms with Crippen molar-refractivity contribution in [1.29, 1.82) is 0 Å². The first-order valence-electron chi connectivity index (χ1n) is 10.4. The number of hydrazine groups is 1. The second kappa shape index (κ2) is 7.61. The van der Waals surface area contributed by atoms with Crippen LogP contribution in [0.25, 0.3) is 6.08 Å². The number of aryl methyl sites for hydroxylation is 1. The average molecular weight is 383 g/mol. The fourth-order valence-corrected chi connectivity index (χ4v) is 6.21. The Bertz CT molecular complexity index is 764. The van der Waals surface area contributed by atoms with Crippen LogP contribution >= 0.6 is 0 Å². The molecule has 4 aliphatic carbocycles. The van der Waals surface area contributed by atoms with E-state index in [0.29, 0.717) is 12.2 Å². The van der Waals surface area contributed by atoms with E-state index in [2.05, 4.69) is 10.9 Å². The number of benzene rings is 1. The fourth-order valence-electron chi connectivity index (χ4n) is 6.21. The Morgan fingerprint density at radius 1 is 1.11 bits per heavy atom. The van der Waals surface area contributed by atoms with Crippen molar-refractivity contribution < 1.29 is 14.3 Å². The van der Waals surface area contributed by atoms with Crippen LogP contribution in [0.1, 0.15) is 56.1 Å². The van der Waals surface area contributed by atoms with Gasteiger partial charge in [-0.2, -0.15) is 0 Å². The minimum absolute atomic E-state index is 0.0724. The molecule has 4 saturated carbocycles. The third kappa shape index (κ3) is 4.08. The van der Waals surface area contributed by atoms with Crippen molar-refractivity contribution >= 4 is 17.9 Å². The second-order valence-electron chi connectivity index (χ2n) is 9.21. The van der Waals surface area contributed by atoms with E-state index >= 15 is 0 Å². The van der Waals surface area contributed by atoms with Crippen LogP contribution < -0.4 is 15.6 Å². The van der Waals surface area contributed by atoms with Gasteiger partial charge < -0.3 is 4.74 Å². The molecule has 0 aliphatic heterocycles. The van der Waals surface area contributed by atoms with Gasteiger partial charge in [0.2, 0.25) is 5.91 Å². The predicted molar refractivity (Wildman–Crippen MR) is 108 cm³/mol. The number of carbonyl (C=O) groups is 2. The van der Waals surface area contributed by atoms with Crippen LogP contribution in [0.15, 0.2) is 24.3 Å². The second-order valence-corrected chi connectivity index (χ2v) is 9.21. The summed E-state index contributed by atoms with van der Waals surface area (Å²) in [6, 6.07) is 5.79. The maximum Gasteiger partial charge on any atom is 0.262 e. The maximum absolute atomic E-state index is 12.5. The quantitative estimate of drug-likeness (QED) is 0.602. The molecule has 2 amide bonds. The van der Waals surface area contributed by atoms with Crippen molar-refractivity contribution in [2.75, 3.05) is 7.11 Å². The summed E-state index contributed by atoms with van der Waals surface area (Å²) in [5.74, 6) is 2.75. The molecule has 1 aromatic rings. The summed E-state index contributed by atoms with van der Waals surface area (Å²) in [6.07, 6.45) is 11.3. The highest BCUT2D eigenvalue weighted by molar-refractivity contribution is 5.93. The van der Waals surface area contributed by atoms with Gasteiger partial charge >= 0.3 is 0 Å². The molecule has 5 nitrogen and oxygen atoms in total. The zero-order chi connectivity index (χ0) is 19.7. The predicted octanol–water partition coefficient (Wildman–Crippen LogP) is 3.77. The largest absolute Gasteiger partial charge is 0.496 e. The average Bonchev–Trinajstić information content (AvgIpc) is 2.63. The Balaban J connectivity index is 1.29. The summed E-state index contributed by atoms with van der Waals surface area (Å²) in [5.41, 5.74) is 7.23. The SMILES string of the molecule is COc1ccc(C)cc1/C=C/C(=O)NNC(=O)CC12CC3CC(CC(C3)C1)C2. The monoisotopic (exact) mass is 382 g/mol. The number of hydrogen-bond acceptors (Lipinski definition) is 3. The number of rotatable bonds is 5. The smallest absolute Gasteiger partial charge is 0.262 e. The van der Waals surface area contributed by atoms with E-state index in [1.54, 1.807) is 13.2 Å². The van der Waals surface area contributed by atoms with Gasteiger partial charge in [-0.3, -0.25) is 20.4 Å². The molecular weight excluding hydrogens is 352 g/mol. The Morgan fingerprint density at radius 2 is 1.75 bits per heavy atom. The van der Waals surface area contributed by atoms with Crippen molar-refractivity contribution in [3.05, 3.63) is 35.4 Å². The minimum atomic E-state index is -0.345. The van der Waals surface area contributed by atoms with Crippen LogP contribution in [0.5, 0.6) is 5.75 Å². The van der Waals surface area contributed by atoms with Crippen molar-refractivity contribution in [1.82, 2.24) is 10.9 Å². The summed E-state index contributed by atoms with van der Waals surface area (Å²) in [5, 5.41) is 0. The van der Waals surface area contributed by atoms with E-state index < -0.39 is 0 Å². The first-order valence-corrected chi connectivity index (χ1v) is 10.4. The highest BCUT2D eigenvalue weighted by atomic mass is 16.5. The third-order valence-electron chi connectivity index (χ3n) is 6.83. The number of hydrogen-bond donors (Lipinski definition) is 2. The van der Waals surface area contributed by atoms with Crippen LogP contribution in [0, 0.1) is 30.1 Å². The van der Waals surface area contributed by atoms with Gasteiger partial charge in [0.25, 0.3) is 5.91 Å². The number of ether oxygens (including phenoxy) is 1. The molecule has 4 fully saturated rings. The molecular formula is C23H30N2O3. The minimum Gasteiger partial charge on any atom is -0.496 e. The lowest BCUT2D eigenvalue weighted by molar-refractivity contribution is -0.133. The molecule has 0 atom stereocenters. The van der Waals surface area contributed by atoms with Crippen LogP contribution in [0.4, 0.5) is 0 Å². The molecule has 5 heteroatoms. The Hall–Kier alpha value is -2.30. The Labute approximate surface area is 166 Å². The zero-order valence-electron chi connectivity index (χ0n) is 16.8. The van der Waals surface area contributed by atoms with Crippen molar-refractivity contribution in [3.8, 4) is 5.75 Å². The molecule has 2 N–H and O–H groups in total. The van der Waals surface area contributed by atoms with E-state index in [4.69, 9.17) is 4.74 Å². The van der Waals surface area contributed by atoms with Crippen LogP contribution in [-0.4, -0.2) is 18.9 Å². The van der Waals surface area contributed by atoms with Gasteiger partial charge in [-0.15, -0.1) is 0 Å². The lowest BCUT2D eigenvalue weighted by atomic mass is 9.49. The third-order valence-corrected chi connectivity index (χ3v) is 6.83. The molecule has 0 radical (unpaired) electrons. The van der Waals surface area contributed by atoms with Gasteiger partial charge in [0.1, 0.15) is 5.75 Å². The van der Waals surface area contributed by atoms with Gasteiger partial charge in [0.05, 0.1) is 7.11 Å². The highest BCUT2D eigenvalue weighted by Crippen LogP contribution is 2.61. The maximum atomic E-state index is 12.5. The van der Waals surface area contributed by atoms with Gasteiger partial charge in [0.15, 0.2) is 0 Å². The molecule has 0 saturated heterocycles. The summed E-state index contributed by atoms with van der Waals surface area (Å²) < 4.78 is 5.31. The summed E-state index contributed by atoms with van der Waals surface area (Å²) in [7, 11) is 1.60. The molecule has 28 heavy (non-hydrogen) atoms. The van der Waals surface area contributed by atoms with E-state index in [-0.39, 0.29) is 17.2 Å². The number of amides is 2. The molecule has 5 rings (SSSR count). The first kappa shape index (κ1) is 19.0. The van der Waals surface area contributed by atoms with Gasteiger partial charge in [0, 0.05) is 18.1 Å². The summed E-state index contributed by atoms with van der Waals surface area (Å²) >= 11 is 0. The Kier molecular flexibility index (Phi) is 5.17. The number of carbonyl (C=O) groups excluding carboxylic acids is 2. The van der Waals surface area contributed by atoms with Crippen LogP contribution in [0.2, 0.25) is 0 Å². The van der Waals surface area contributed by atoms with Crippen LogP contribution in [0.3, 0.4) is 0 Å². The van der Waals surface area contributed by atoms with E-state index in [0.717, 1.165) is 28.9 Å². The van der Waals surface area contributed by atoms with Gasteiger partial charge in [-0.25, -0.2) is 0 Å². The van der Waals surface area contributed by atoms with Crippen molar-refractivity contribution in [3.63, 3.8) is 0 Å². The van der Waals surface area contributed by atoms with Crippen molar-refractivity contribution in [2.45, 2.75) is 51.9 Å². The van der Waals surface area contributed by atoms with Gasteiger partial charge in [-0.1, -0.05) is 11.6 Å². The molecule has 0 unspecified atom stereocenters. The molecule has 0 heterocycles. The fraction of sp³-hybridized carbons (Fsp3) is 0.565. The standard InChI is InChI=1S/C23H30N2O3/c1-15-3-5-20(28-2)19(7-15)4-6-21(26)24-25-22(27)14-23-11-16-8-17(12-23)10-18(9-16)13-23/h3-7,16-18H,8-14H2,1-2H3,(H,24,26)(H,25,27)/b6-4+. The normalized spacial score (nSPS) is 30.4. The molecule has 4 bridgehead atoms. The molecule has 1 aromatic carbocycles. The number of nitrogens with one attached hydrogen (secondary N) is 2. The highest BCUT2D eigenvalue weighted by Gasteiger charge is 2.51. The lowest BCUT2D eigenvalue weighted by Gasteiger charge is -2.56. The zero-order valence-corrected chi connectivity index (χ0v) is 16.8. The molecule has 150 valence electrons. The molecule has 0 spiro atoms. The van der Waals surface area contributed by atoms with E-state index in [1.807, 2.05) is 25.1 Å². The molecule has 0 aromatic heterocycles. The number of methoxy groups -OCH3 is 1. The van der Waals surface area contributed by atoms with Crippen molar-refractivity contribution in [2.24, 2.45) is 23.2 Å². The van der Waals surface area contributed by atoms with Crippen LogP contribution in [-0.2, 0) is 9.59 Å². The van der Waals surface area contributed by atoms with Gasteiger partial charge in [-0.05, 0) is 86.8 Å².